The van der Waals surface area contributed by atoms with Crippen LogP contribution in [0.15, 0.2) is 24.4 Å². The van der Waals surface area contributed by atoms with E-state index in [0.717, 1.165) is 22.2 Å². The van der Waals surface area contributed by atoms with Crippen LogP contribution >= 0.6 is 0 Å². The summed E-state index contributed by atoms with van der Waals surface area (Å²) in [5, 5.41) is 3.32. The lowest BCUT2D eigenvalue weighted by atomic mass is 10.1. The van der Waals surface area contributed by atoms with Gasteiger partial charge in [-0.2, -0.15) is 0 Å². The van der Waals surface area contributed by atoms with Crippen LogP contribution in [0.1, 0.15) is 12.0 Å². The molecular weight excluding hydrogens is 230 g/mol. The summed E-state index contributed by atoms with van der Waals surface area (Å²) >= 11 is 0. The lowest BCUT2D eigenvalue weighted by molar-refractivity contribution is -0.120. The Kier molecular flexibility index (Phi) is 2.33. The summed E-state index contributed by atoms with van der Waals surface area (Å²) in [4.78, 5) is 27.7. The van der Waals surface area contributed by atoms with Crippen LogP contribution < -0.4 is 10.2 Å². The summed E-state index contributed by atoms with van der Waals surface area (Å²) in [5.74, 6) is -0.216. The van der Waals surface area contributed by atoms with E-state index in [2.05, 4.69) is 10.3 Å². The van der Waals surface area contributed by atoms with Crippen LogP contribution in [-0.2, 0) is 4.79 Å². The molecular formula is C13H13N3O2. The van der Waals surface area contributed by atoms with E-state index in [9.17, 15) is 9.59 Å². The number of aryl methyl sites for hydroxylation is 1. The first-order valence-electron chi connectivity index (χ1n) is 5.84. The van der Waals surface area contributed by atoms with Gasteiger partial charge in [-0.25, -0.2) is 4.79 Å². The highest BCUT2D eigenvalue weighted by atomic mass is 16.2. The summed E-state index contributed by atoms with van der Waals surface area (Å²) < 4.78 is 0. The van der Waals surface area contributed by atoms with Gasteiger partial charge in [0.05, 0.1) is 5.69 Å². The topological polar surface area (TPSA) is 65.2 Å². The third kappa shape index (κ3) is 1.64. The number of rotatable bonds is 1. The molecule has 2 heterocycles. The quantitative estimate of drug-likeness (QED) is 0.803. The zero-order chi connectivity index (χ0) is 12.7. The number of imide groups is 1. The minimum atomic E-state index is -0.354. The SMILES string of the molecule is Cc1ccc2c(N3CCC(=O)NC3=O)c[nH]c2c1. The van der Waals surface area contributed by atoms with E-state index in [-0.39, 0.29) is 11.9 Å². The van der Waals surface area contributed by atoms with Crippen molar-refractivity contribution in [1.29, 1.82) is 0 Å². The van der Waals surface area contributed by atoms with Crippen molar-refractivity contribution in [3.8, 4) is 0 Å². The summed E-state index contributed by atoms with van der Waals surface area (Å²) in [6, 6.07) is 5.67. The Labute approximate surface area is 104 Å². The Hall–Kier alpha value is -2.30. The van der Waals surface area contributed by atoms with Gasteiger partial charge < -0.3 is 4.98 Å². The highest BCUT2D eigenvalue weighted by molar-refractivity contribution is 6.09. The number of H-pyrrole nitrogens is 1. The molecule has 0 atom stereocenters. The van der Waals surface area contributed by atoms with Crippen LogP contribution in [0, 0.1) is 6.92 Å². The number of nitrogens with zero attached hydrogens (tertiary/aromatic N) is 1. The second-order valence-electron chi connectivity index (χ2n) is 4.48. The van der Waals surface area contributed by atoms with Crippen LogP contribution in [0.3, 0.4) is 0 Å². The normalized spacial score (nSPS) is 16.2. The molecule has 1 aliphatic rings. The maximum atomic E-state index is 11.8. The maximum Gasteiger partial charge on any atom is 0.328 e. The van der Waals surface area contributed by atoms with Crippen molar-refractivity contribution < 1.29 is 9.59 Å². The molecule has 1 fully saturated rings. The van der Waals surface area contributed by atoms with Gasteiger partial charge in [-0.1, -0.05) is 12.1 Å². The fourth-order valence-corrected chi connectivity index (χ4v) is 2.24. The van der Waals surface area contributed by atoms with Crippen molar-refractivity contribution in [3.05, 3.63) is 30.0 Å². The average molecular weight is 243 g/mol. The van der Waals surface area contributed by atoms with Crippen molar-refractivity contribution in [2.24, 2.45) is 0 Å². The standard InChI is InChI=1S/C13H13N3O2/c1-8-2-3-9-10(6-8)14-7-11(9)16-5-4-12(17)15-13(16)18/h2-3,6-7,14H,4-5H2,1H3,(H,15,17,18). The number of fused-ring (bicyclic) bond motifs is 1. The van der Waals surface area contributed by atoms with Gasteiger partial charge in [-0.3, -0.25) is 15.0 Å². The smallest absolute Gasteiger partial charge is 0.328 e. The number of nitrogens with one attached hydrogen (secondary N) is 2. The van der Waals surface area contributed by atoms with Gasteiger partial charge in [-0.05, 0) is 18.6 Å². The Morgan fingerprint density at radius 3 is 2.89 bits per heavy atom. The molecule has 0 aliphatic carbocycles. The summed E-state index contributed by atoms with van der Waals surface area (Å²) in [6.45, 7) is 2.44. The highest BCUT2D eigenvalue weighted by Gasteiger charge is 2.25. The summed E-state index contributed by atoms with van der Waals surface area (Å²) in [5.41, 5.74) is 2.97. The largest absolute Gasteiger partial charge is 0.359 e. The van der Waals surface area contributed by atoms with Crippen LogP contribution in [-0.4, -0.2) is 23.5 Å². The van der Waals surface area contributed by atoms with Crippen molar-refractivity contribution in [1.82, 2.24) is 10.3 Å². The molecule has 3 amide bonds. The van der Waals surface area contributed by atoms with E-state index in [1.165, 1.54) is 0 Å². The molecule has 0 bridgehead atoms. The van der Waals surface area contributed by atoms with E-state index in [4.69, 9.17) is 0 Å². The van der Waals surface area contributed by atoms with Gasteiger partial charge in [0.25, 0.3) is 0 Å². The van der Waals surface area contributed by atoms with Crippen molar-refractivity contribution >= 4 is 28.5 Å². The number of aromatic amines is 1. The highest BCUT2D eigenvalue weighted by Crippen LogP contribution is 2.28. The van der Waals surface area contributed by atoms with Crippen LogP contribution in [0.25, 0.3) is 10.9 Å². The zero-order valence-corrected chi connectivity index (χ0v) is 9.99. The number of anilines is 1. The molecule has 0 spiro atoms. The van der Waals surface area contributed by atoms with E-state index < -0.39 is 0 Å². The maximum absolute atomic E-state index is 11.8. The fourth-order valence-electron chi connectivity index (χ4n) is 2.24. The van der Waals surface area contributed by atoms with Crippen LogP contribution in [0.2, 0.25) is 0 Å². The molecule has 5 nitrogen and oxygen atoms in total. The molecule has 1 aromatic carbocycles. The molecule has 1 aliphatic heterocycles. The summed E-state index contributed by atoms with van der Waals surface area (Å²) in [7, 11) is 0. The molecule has 2 aromatic rings. The second-order valence-corrected chi connectivity index (χ2v) is 4.48. The van der Waals surface area contributed by atoms with E-state index in [0.29, 0.717) is 13.0 Å². The van der Waals surface area contributed by atoms with Crippen LogP contribution in [0.5, 0.6) is 0 Å². The molecule has 18 heavy (non-hydrogen) atoms. The number of hydrogen-bond donors (Lipinski definition) is 2. The Balaban J connectivity index is 2.04. The minimum Gasteiger partial charge on any atom is -0.359 e. The van der Waals surface area contributed by atoms with E-state index >= 15 is 0 Å². The van der Waals surface area contributed by atoms with Crippen molar-refractivity contribution in [2.45, 2.75) is 13.3 Å². The zero-order valence-electron chi connectivity index (χ0n) is 9.99. The molecule has 5 heteroatoms. The Morgan fingerprint density at radius 1 is 1.28 bits per heavy atom. The predicted molar refractivity (Wildman–Crippen MR) is 68.5 cm³/mol. The van der Waals surface area contributed by atoms with Gasteiger partial charge in [-0.15, -0.1) is 0 Å². The second kappa shape index (κ2) is 3.87. The minimum absolute atomic E-state index is 0.216. The summed E-state index contributed by atoms with van der Waals surface area (Å²) in [6.07, 6.45) is 2.14. The number of hydrogen-bond acceptors (Lipinski definition) is 2. The molecule has 0 radical (unpaired) electrons. The molecule has 1 saturated heterocycles. The molecule has 0 saturated carbocycles. The Morgan fingerprint density at radius 2 is 2.11 bits per heavy atom. The van der Waals surface area contributed by atoms with E-state index in [1.54, 1.807) is 11.1 Å². The average Bonchev–Trinajstić information content (AvgIpc) is 2.72. The van der Waals surface area contributed by atoms with Gasteiger partial charge in [0, 0.05) is 30.1 Å². The lowest BCUT2D eigenvalue weighted by Crippen LogP contribution is -2.49. The number of benzene rings is 1. The van der Waals surface area contributed by atoms with E-state index in [1.807, 2.05) is 25.1 Å². The van der Waals surface area contributed by atoms with Gasteiger partial charge in [0.15, 0.2) is 0 Å². The van der Waals surface area contributed by atoms with Gasteiger partial charge in [0.1, 0.15) is 0 Å². The first-order valence-corrected chi connectivity index (χ1v) is 5.84. The molecule has 1 aromatic heterocycles. The molecule has 2 N–H and O–H groups in total. The van der Waals surface area contributed by atoms with Gasteiger partial charge >= 0.3 is 6.03 Å². The lowest BCUT2D eigenvalue weighted by Gasteiger charge is -2.25. The number of aromatic nitrogens is 1. The molecule has 92 valence electrons. The first kappa shape index (κ1) is 10.8. The van der Waals surface area contributed by atoms with Crippen LogP contribution in [0.4, 0.5) is 10.5 Å². The number of carbonyl (C=O) groups is 2. The number of amides is 3. The van der Waals surface area contributed by atoms with Crippen molar-refractivity contribution in [2.75, 3.05) is 11.4 Å². The van der Waals surface area contributed by atoms with Gasteiger partial charge in [0.2, 0.25) is 5.91 Å². The van der Waals surface area contributed by atoms with Crippen molar-refractivity contribution in [3.63, 3.8) is 0 Å². The third-order valence-electron chi connectivity index (χ3n) is 3.16. The monoisotopic (exact) mass is 243 g/mol. The molecule has 0 unspecified atom stereocenters. The predicted octanol–water partition coefficient (Wildman–Crippen LogP) is 1.92. The third-order valence-corrected chi connectivity index (χ3v) is 3.16. The first-order chi connectivity index (χ1) is 8.65. The fraction of sp³-hybridized carbons (Fsp3) is 0.231. The Bertz CT molecular complexity index is 645. The number of carbonyl (C=O) groups excluding carboxylic acids is 2. The number of urea groups is 1. The molecule has 3 rings (SSSR count).